The summed E-state index contributed by atoms with van der Waals surface area (Å²) in [7, 11) is 1.88. The van der Waals surface area contributed by atoms with Crippen LogP contribution in [0.1, 0.15) is 31.8 Å². The summed E-state index contributed by atoms with van der Waals surface area (Å²) < 4.78 is 13.0. The first-order chi connectivity index (χ1) is 16.4. The van der Waals surface area contributed by atoms with Crippen molar-refractivity contribution in [2.24, 2.45) is 5.10 Å². The van der Waals surface area contributed by atoms with Crippen LogP contribution in [0.5, 0.6) is 0 Å². The number of aliphatic hydroxyl groups is 1. The van der Waals surface area contributed by atoms with E-state index in [1.54, 1.807) is 24.3 Å². The van der Waals surface area contributed by atoms with Crippen molar-refractivity contribution in [1.82, 2.24) is 10.3 Å². The Kier molecular flexibility index (Phi) is 8.86. The second-order valence-electron chi connectivity index (χ2n) is 7.56. The third-order valence-corrected chi connectivity index (χ3v) is 5.08. The molecule has 34 heavy (non-hydrogen) atoms. The lowest BCUT2D eigenvalue weighted by Gasteiger charge is -2.16. The van der Waals surface area contributed by atoms with E-state index in [4.69, 9.17) is 16.7 Å². The van der Waals surface area contributed by atoms with Crippen molar-refractivity contribution in [3.8, 4) is 0 Å². The summed E-state index contributed by atoms with van der Waals surface area (Å²) in [6, 6.07) is 17.2. The maximum absolute atomic E-state index is 13.0. The summed E-state index contributed by atoms with van der Waals surface area (Å²) in [6.07, 6.45) is 1.37. The van der Waals surface area contributed by atoms with Crippen LogP contribution in [0, 0.1) is 5.82 Å². The van der Waals surface area contributed by atoms with E-state index >= 15 is 0 Å². The summed E-state index contributed by atoms with van der Waals surface area (Å²) in [5.41, 5.74) is 4.73. The average Bonchev–Trinajstić information content (AvgIpc) is 2.81. The molecule has 0 heterocycles. The van der Waals surface area contributed by atoms with Crippen LogP contribution in [0.25, 0.3) is 0 Å². The van der Waals surface area contributed by atoms with Gasteiger partial charge in [0.1, 0.15) is 5.82 Å². The number of aliphatic hydroxyl groups excluding tert-OH is 1. The van der Waals surface area contributed by atoms with E-state index in [9.17, 15) is 14.0 Å². The molecular formula is C25H24ClFN4O3. The van der Waals surface area contributed by atoms with Crippen LogP contribution in [0.15, 0.2) is 71.8 Å². The minimum absolute atomic E-state index is 0.0476. The van der Waals surface area contributed by atoms with Crippen LogP contribution in [0.2, 0.25) is 5.02 Å². The Morgan fingerprint density at radius 1 is 1.09 bits per heavy atom. The highest BCUT2D eigenvalue weighted by Crippen LogP contribution is 2.22. The van der Waals surface area contributed by atoms with Gasteiger partial charge in [-0.15, -0.1) is 0 Å². The van der Waals surface area contributed by atoms with E-state index in [-0.39, 0.29) is 23.7 Å². The van der Waals surface area contributed by atoms with Crippen molar-refractivity contribution in [3.05, 3.63) is 99.8 Å². The van der Waals surface area contributed by atoms with E-state index in [0.717, 1.165) is 5.56 Å². The molecule has 0 unspecified atom stereocenters. The number of carbonyl (C=O) groups excluding carboxylic acids is 2. The number of nitrogens with zero attached hydrogens (tertiary/aromatic N) is 2. The third-order valence-electron chi connectivity index (χ3n) is 4.85. The van der Waals surface area contributed by atoms with Crippen molar-refractivity contribution in [3.63, 3.8) is 0 Å². The van der Waals surface area contributed by atoms with E-state index < -0.39 is 11.8 Å². The summed E-state index contributed by atoms with van der Waals surface area (Å²) in [5, 5.41) is 16.0. The molecule has 3 rings (SSSR count). The van der Waals surface area contributed by atoms with Gasteiger partial charge >= 0.3 is 0 Å². The topological polar surface area (TPSA) is 94.0 Å². The molecule has 3 aromatic carbocycles. The molecule has 176 valence electrons. The van der Waals surface area contributed by atoms with Gasteiger partial charge in [-0.3, -0.25) is 14.5 Å². The molecule has 0 atom stereocenters. The summed E-state index contributed by atoms with van der Waals surface area (Å²) >= 11 is 6.06. The number of rotatable bonds is 9. The molecule has 0 radical (unpaired) electrons. The monoisotopic (exact) mass is 482 g/mol. The Bertz CT molecular complexity index is 1190. The zero-order chi connectivity index (χ0) is 24.5. The second kappa shape index (κ2) is 12.0. The standard InChI is InChI=1S/C25H24ClFN4O3/c1-31(11-12-32)16-18-3-2-4-19(13-18)24(33)29-23-10-7-20(26)14-22(23)25(34)30-28-15-17-5-8-21(27)9-6-17/h2-10,13-15,32H,11-12,16H2,1H3,(H,29,33)(H,30,34). The molecule has 0 saturated carbocycles. The van der Waals surface area contributed by atoms with Crippen molar-refractivity contribution >= 4 is 35.3 Å². The molecule has 0 aliphatic carbocycles. The van der Waals surface area contributed by atoms with Gasteiger partial charge in [0.15, 0.2) is 0 Å². The van der Waals surface area contributed by atoms with Crippen molar-refractivity contribution in [1.29, 1.82) is 0 Å². The molecule has 0 fully saturated rings. The number of carbonyl (C=O) groups is 2. The number of hydrazone groups is 1. The van der Waals surface area contributed by atoms with Gasteiger partial charge in [0, 0.05) is 23.7 Å². The van der Waals surface area contributed by atoms with Crippen molar-refractivity contribution in [2.75, 3.05) is 25.5 Å². The average molecular weight is 483 g/mol. The predicted molar refractivity (Wildman–Crippen MR) is 131 cm³/mol. The van der Waals surface area contributed by atoms with Crippen LogP contribution in [-0.2, 0) is 6.54 Å². The normalized spacial score (nSPS) is 11.1. The minimum Gasteiger partial charge on any atom is -0.395 e. The Hall–Kier alpha value is -3.59. The molecule has 0 spiro atoms. The number of hydrogen-bond donors (Lipinski definition) is 3. The molecule has 0 aliphatic rings. The molecule has 0 bridgehead atoms. The second-order valence-corrected chi connectivity index (χ2v) is 7.99. The number of halogens is 2. The minimum atomic E-state index is -0.574. The summed E-state index contributed by atoms with van der Waals surface area (Å²) in [4.78, 5) is 27.5. The van der Waals surface area contributed by atoms with Gasteiger partial charge in [0.25, 0.3) is 11.8 Å². The molecule has 7 nitrogen and oxygen atoms in total. The number of benzene rings is 3. The molecule has 9 heteroatoms. The fourth-order valence-electron chi connectivity index (χ4n) is 3.15. The fraction of sp³-hybridized carbons (Fsp3) is 0.160. The molecular weight excluding hydrogens is 459 g/mol. The highest BCUT2D eigenvalue weighted by atomic mass is 35.5. The van der Waals surface area contributed by atoms with E-state index in [1.807, 2.05) is 18.0 Å². The van der Waals surface area contributed by atoms with Gasteiger partial charge < -0.3 is 10.4 Å². The highest BCUT2D eigenvalue weighted by molar-refractivity contribution is 6.31. The van der Waals surface area contributed by atoms with Gasteiger partial charge in [-0.2, -0.15) is 5.10 Å². The first kappa shape index (κ1) is 25.0. The first-order valence-corrected chi connectivity index (χ1v) is 10.8. The lowest BCUT2D eigenvalue weighted by Crippen LogP contribution is -2.22. The van der Waals surface area contributed by atoms with Gasteiger partial charge in [-0.1, -0.05) is 35.9 Å². The van der Waals surface area contributed by atoms with Gasteiger partial charge in [0.05, 0.1) is 24.1 Å². The van der Waals surface area contributed by atoms with Crippen molar-refractivity contribution in [2.45, 2.75) is 6.54 Å². The number of likely N-dealkylation sites (N-methyl/N-ethyl adjacent to an activating group) is 1. The number of amides is 2. The maximum Gasteiger partial charge on any atom is 0.273 e. The zero-order valence-corrected chi connectivity index (χ0v) is 19.2. The molecule has 0 saturated heterocycles. The van der Waals surface area contributed by atoms with Gasteiger partial charge in [-0.25, -0.2) is 9.82 Å². The zero-order valence-electron chi connectivity index (χ0n) is 18.5. The van der Waals surface area contributed by atoms with Crippen LogP contribution in [0.4, 0.5) is 10.1 Å². The quantitative estimate of drug-likeness (QED) is 0.318. The Morgan fingerprint density at radius 3 is 2.59 bits per heavy atom. The molecule has 3 N–H and O–H groups in total. The first-order valence-electron chi connectivity index (χ1n) is 10.4. The number of hydrogen-bond acceptors (Lipinski definition) is 5. The van der Waals surface area contributed by atoms with E-state index in [0.29, 0.717) is 29.2 Å². The summed E-state index contributed by atoms with van der Waals surface area (Å²) in [6.45, 7) is 1.14. The lowest BCUT2D eigenvalue weighted by atomic mass is 10.1. The molecule has 3 aromatic rings. The maximum atomic E-state index is 13.0. The largest absolute Gasteiger partial charge is 0.395 e. The SMILES string of the molecule is CN(CCO)Cc1cccc(C(=O)Nc2ccc(Cl)cc2C(=O)NN=Cc2ccc(F)cc2)c1. The van der Waals surface area contributed by atoms with Gasteiger partial charge in [-0.05, 0) is 60.6 Å². The van der Waals surface area contributed by atoms with Crippen LogP contribution < -0.4 is 10.7 Å². The molecule has 2 amide bonds. The van der Waals surface area contributed by atoms with Gasteiger partial charge in [0.2, 0.25) is 0 Å². The Morgan fingerprint density at radius 2 is 1.85 bits per heavy atom. The van der Waals surface area contributed by atoms with E-state index in [1.165, 1.54) is 42.6 Å². The Labute approximate surface area is 201 Å². The third kappa shape index (κ3) is 7.21. The lowest BCUT2D eigenvalue weighted by molar-refractivity contribution is 0.0956. The number of anilines is 1. The fourth-order valence-corrected chi connectivity index (χ4v) is 3.33. The van der Waals surface area contributed by atoms with Crippen LogP contribution >= 0.6 is 11.6 Å². The van der Waals surface area contributed by atoms with Crippen LogP contribution in [0.3, 0.4) is 0 Å². The smallest absolute Gasteiger partial charge is 0.273 e. The van der Waals surface area contributed by atoms with Crippen LogP contribution in [-0.4, -0.2) is 48.2 Å². The van der Waals surface area contributed by atoms with E-state index in [2.05, 4.69) is 15.8 Å². The number of nitrogens with one attached hydrogen (secondary N) is 2. The molecule has 0 aliphatic heterocycles. The Balaban J connectivity index is 1.72. The summed E-state index contributed by atoms with van der Waals surface area (Å²) in [5.74, 6) is -1.34. The van der Waals surface area contributed by atoms with Crippen molar-refractivity contribution < 1.29 is 19.1 Å². The molecule has 0 aromatic heterocycles. The predicted octanol–water partition coefficient (Wildman–Crippen LogP) is 3.92. The highest BCUT2D eigenvalue weighted by Gasteiger charge is 2.15.